The number of carbonyl (C=O) groups excluding carboxylic acids is 1. The molecule has 1 aliphatic carbocycles. The van der Waals surface area contributed by atoms with Crippen LogP contribution in [0.4, 0.5) is 4.79 Å². The zero-order chi connectivity index (χ0) is 20.5. The van der Waals surface area contributed by atoms with E-state index in [-0.39, 0.29) is 42.9 Å². The molecule has 32 heavy (non-hydrogen) atoms. The summed E-state index contributed by atoms with van der Waals surface area (Å²) in [6, 6.07) is 19.0. The van der Waals surface area contributed by atoms with E-state index < -0.39 is 0 Å². The molecule has 5 rings (SSSR count). The van der Waals surface area contributed by atoms with Gasteiger partial charge in [-0.3, -0.25) is 4.98 Å². The zero-order valence-electron chi connectivity index (χ0n) is 17.9. The van der Waals surface area contributed by atoms with E-state index in [0.717, 1.165) is 17.7 Å². The van der Waals surface area contributed by atoms with E-state index in [9.17, 15) is 4.79 Å². The van der Waals surface area contributed by atoms with Gasteiger partial charge in [0.2, 0.25) is 0 Å². The Kier molecular flexibility index (Phi) is 7.77. The van der Waals surface area contributed by atoms with Crippen LogP contribution in [0.3, 0.4) is 0 Å². The highest BCUT2D eigenvalue weighted by molar-refractivity contribution is 5.85. The number of ether oxygens (including phenoxy) is 1. The fourth-order valence-corrected chi connectivity index (χ4v) is 4.59. The van der Waals surface area contributed by atoms with E-state index in [1.807, 2.05) is 19.3 Å². The molecule has 1 saturated heterocycles. The number of aryl methyl sites for hydroxylation is 1. The number of hydrogen-bond acceptors (Lipinski definition) is 4. The number of rotatable bonds is 3. The molecular weight excluding hydrogens is 445 g/mol. The Morgan fingerprint density at radius 2 is 1.72 bits per heavy atom. The monoisotopic (exact) mass is 471 g/mol. The number of aromatic nitrogens is 1. The second-order valence-electron chi connectivity index (χ2n) is 8.05. The van der Waals surface area contributed by atoms with E-state index in [2.05, 4.69) is 64.9 Å². The van der Waals surface area contributed by atoms with Crippen molar-refractivity contribution in [3.8, 4) is 11.1 Å². The van der Waals surface area contributed by atoms with Crippen LogP contribution in [0.2, 0.25) is 0 Å². The summed E-state index contributed by atoms with van der Waals surface area (Å²) in [5, 5.41) is 3.48. The number of nitrogens with zero attached hydrogens (tertiary/aromatic N) is 2. The number of pyridine rings is 1. The van der Waals surface area contributed by atoms with Gasteiger partial charge in [0.25, 0.3) is 0 Å². The van der Waals surface area contributed by atoms with Gasteiger partial charge in [-0.15, -0.1) is 24.8 Å². The second kappa shape index (κ2) is 10.3. The normalized spacial score (nSPS) is 16.9. The maximum Gasteiger partial charge on any atom is 0.409 e. The Bertz CT molecular complexity index is 1050. The number of fused-ring (bicyclic) bond motifs is 3. The average Bonchev–Trinajstić information content (AvgIpc) is 3.11. The van der Waals surface area contributed by atoms with E-state index in [1.54, 1.807) is 4.90 Å². The fourth-order valence-electron chi connectivity index (χ4n) is 4.59. The van der Waals surface area contributed by atoms with Crippen LogP contribution in [0.25, 0.3) is 11.1 Å². The predicted molar refractivity (Wildman–Crippen MR) is 131 cm³/mol. The van der Waals surface area contributed by atoms with Crippen LogP contribution in [-0.2, 0) is 4.74 Å². The molecule has 1 aliphatic heterocycles. The lowest BCUT2D eigenvalue weighted by Gasteiger charge is -2.33. The highest BCUT2D eigenvalue weighted by Crippen LogP contribution is 2.44. The summed E-state index contributed by atoms with van der Waals surface area (Å²) in [5.74, 6) is 0.0843. The van der Waals surface area contributed by atoms with Crippen LogP contribution in [0.5, 0.6) is 0 Å². The van der Waals surface area contributed by atoms with Gasteiger partial charge in [-0.05, 0) is 40.3 Å². The van der Waals surface area contributed by atoms with Crippen molar-refractivity contribution >= 4 is 30.9 Å². The van der Waals surface area contributed by atoms with Crippen molar-refractivity contribution in [3.63, 3.8) is 0 Å². The summed E-state index contributed by atoms with van der Waals surface area (Å²) < 4.78 is 5.83. The first-order valence-electron chi connectivity index (χ1n) is 10.5. The SMILES string of the molecule is Cc1cncc(C2CN(C(=O)OCC3c4ccccc4-c4ccccc43)CCN2)c1.Cl.Cl. The Morgan fingerprint density at radius 3 is 2.38 bits per heavy atom. The molecule has 0 spiro atoms. The highest BCUT2D eigenvalue weighted by atomic mass is 35.5. The minimum atomic E-state index is -0.246. The van der Waals surface area contributed by atoms with Crippen molar-refractivity contribution in [2.45, 2.75) is 18.9 Å². The molecule has 168 valence electrons. The van der Waals surface area contributed by atoms with Gasteiger partial charge in [0.05, 0.1) is 6.04 Å². The predicted octanol–water partition coefficient (Wildman–Crippen LogP) is 5.13. The van der Waals surface area contributed by atoms with Gasteiger partial charge in [0, 0.05) is 37.9 Å². The lowest BCUT2D eigenvalue weighted by atomic mass is 9.98. The van der Waals surface area contributed by atoms with Gasteiger partial charge in [-0.2, -0.15) is 0 Å². The number of amides is 1. The minimum absolute atomic E-state index is 0. The maximum absolute atomic E-state index is 12.9. The molecule has 1 unspecified atom stereocenters. The standard InChI is InChI=1S/C25H25N3O2.2ClH/c1-17-12-18(14-26-13-17)24-15-28(11-10-27-24)25(29)30-16-23-21-8-4-2-6-19(21)20-7-3-5-9-22(20)23;;/h2-9,12-14,23-24,27H,10-11,15-16H2,1H3;2*1H. The van der Waals surface area contributed by atoms with Gasteiger partial charge >= 0.3 is 6.09 Å². The molecular formula is C25H27Cl2N3O2. The number of nitrogens with one attached hydrogen (secondary N) is 1. The van der Waals surface area contributed by atoms with Crippen LogP contribution in [0.1, 0.15) is 34.2 Å². The molecule has 3 aromatic rings. The van der Waals surface area contributed by atoms with Crippen molar-refractivity contribution in [2.24, 2.45) is 0 Å². The van der Waals surface area contributed by atoms with E-state index >= 15 is 0 Å². The van der Waals surface area contributed by atoms with Gasteiger partial charge in [0.15, 0.2) is 0 Å². The maximum atomic E-state index is 12.9. The Morgan fingerprint density at radius 1 is 1.06 bits per heavy atom. The zero-order valence-corrected chi connectivity index (χ0v) is 19.5. The van der Waals surface area contributed by atoms with Crippen molar-refractivity contribution in [1.82, 2.24) is 15.2 Å². The number of benzene rings is 2. The highest BCUT2D eigenvalue weighted by Gasteiger charge is 2.31. The number of carbonyl (C=O) groups is 1. The molecule has 7 heteroatoms. The summed E-state index contributed by atoms with van der Waals surface area (Å²) in [7, 11) is 0. The third-order valence-electron chi connectivity index (χ3n) is 6.07. The molecule has 1 N–H and O–H groups in total. The molecule has 5 nitrogen and oxygen atoms in total. The van der Waals surface area contributed by atoms with Crippen LogP contribution in [0.15, 0.2) is 67.0 Å². The summed E-state index contributed by atoms with van der Waals surface area (Å²) in [6.45, 7) is 4.35. The van der Waals surface area contributed by atoms with Crippen LogP contribution >= 0.6 is 24.8 Å². The molecule has 2 aromatic carbocycles. The van der Waals surface area contributed by atoms with Crippen molar-refractivity contribution in [1.29, 1.82) is 0 Å². The molecule has 2 heterocycles. The average molecular weight is 472 g/mol. The first-order valence-corrected chi connectivity index (χ1v) is 10.5. The first kappa shape index (κ1) is 24.1. The lowest BCUT2D eigenvalue weighted by Crippen LogP contribution is -2.48. The van der Waals surface area contributed by atoms with Crippen LogP contribution in [-0.4, -0.2) is 42.2 Å². The molecule has 1 amide bonds. The summed E-state index contributed by atoms with van der Waals surface area (Å²) in [5.41, 5.74) is 7.16. The third kappa shape index (κ3) is 4.60. The van der Waals surface area contributed by atoms with E-state index in [4.69, 9.17) is 4.74 Å². The lowest BCUT2D eigenvalue weighted by molar-refractivity contribution is 0.0883. The van der Waals surface area contributed by atoms with Gasteiger partial charge < -0.3 is 15.0 Å². The topological polar surface area (TPSA) is 54.5 Å². The van der Waals surface area contributed by atoms with E-state index in [0.29, 0.717) is 19.7 Å². The molecule has 1 aromatic heterocycles. The first-order chi connectivity index (χ1) is 14.7. The molecule has 1 fully saturated rings. The van der Waals surface area contributed by atoms with Crippen molar-refractivity contribution in [3.05, 3.63) is 89.2 Å². The van der Waals surface area contributed by atoms with Gasteiger partial charge in [-0.25, -0.2) is 4.79 Å². The van der Waals surface area contributed by atoms with Crippen molar-refractivity contribution in [2.75, 3.05) is 26.2 Å². The fraction of sp³-hybridized carbons (Fsp3) is 0.280. The van der Waals surface area contributed by atoms with Crippen LogP contribution in [0, 0.1) is 6.92 Å². The summed E-state index contributed by atoms with van der Waals surface area (Å²) >= 11 is 0. The molecule has 0 saturated carbocycles. The van der Waals surface area contributed by atoms with Crippen LogP contribution < -0.4 is 5.32 Å². The Labute approximate surface area is 201 Å². The number of hydrogen-bond donors (Lipinski definition) is 1. The van der Waals surface area contributed by atoms with Gasteiger partial charge in [0.1, 0.15) is 6.61 Å². The third-order valence-corrected chi connectivity index (χ3v) is 6.07. The summed E-state index contributed by atoms with van der Waals surface area (Å²) in [6.07, 6.45) is 3.46. The second-order valence-corrected chi connectivity index (χ2v) is 8.05. The molecule has 0 radical (unpaired) electrons. The minimum Gasteiger partial charge on any atom is -0.448 e. The quantitative estimate of drug-likeness (QED) is 0.575. The number of piperazine rings is 1. The van der Waals surface area contributed by atoms with Gasteiger partial charge in [-0.1, -0.05) is 54.6 Å². The Balaban J connectivity index is 0.00000144. The summed E-state index contributed by atoms with van der Waals surface area (Å²) in [4.78, 5) is 19.0. The largest absolute Gasteiger partial charge is 0.448 e. The Hall–Kier alpha value is -2.60. The molecule has 2 aliphatic rings. The smallest absolute Gasteiger partial charge is 0.409 e. The number of halogens is 2. The molecule has 0 bridgehead atoms. The molecule has 1 atom stereocenters. The van der Waals surface area contributed by atoms with E-state index in [1.165, 1.54) is 22.3 Å². The van der Waals surface area contributed by atoms with Crippen molar-refractivity contribution < 1.29 is 9.53 Å².